The van der Waals surface area contributed by atoms with Gasteiger partial charge in [0.2, 0.25) is 0 Å². The predicted octanol–water partition coefficient (Wildman–Crippen LogP) is 7.65. The van der Waals surface area contributed by atoms with Gasteiger partial charge in [-0.2, -0.15) is 0 Å². The summed E-state index contributed by atoms with van der Waals surface area (Å²) in [6, 6.07) is 31.4. The Kier molecular flexibility index (Phi) is 3.56. The molecule has 0 bridgehead atoms. The van der Waals surface area contributed by atoms with Crippen LogP contribution < -0.4 is 0 Å². The van der Waals surface area contributed by atoms with Crippen LogP contribution in [0.3, 0.4) is 0 Å². The van der Waals surface area contributed by atoms with E-state index >= 15 is 0 Å². The first kappa shape index (κ1) is 17.5. The quantitative estimate of drug-likeness (QED) is 0.273. The fraction of sp³-hybridized carbons (Fsp3) is 0.172. The molecule has 146 valence electrons. The summed E-state index contributed by atoms with van der Waals surface area (Å²) in [7, 11) is 0. The van der Waals surface area contributed by atoms with E-state index in [9.17, 15) is 0 Å². The molecule has 1 aromatic heterocycles. The lowest BCUT2D eigenvalue weighted by molar-refractivity contribution is 0.590. The number of hydrogen-bond donors (Lipinski definition) is 0. The van der Waals surface area contributed by atoms with Crippen LogP contribution in [-0.4, -0.2) is 4.57 Å². The standard InChI is InChI=1S/C29H25N/c1-29(2,3)21-14-13-19-15-20-16-28-26(18-25(20)24(19)17-21)23-11-7-8-12-27(23)30(28)22-9-5-4-6-10-22/h4-14,16-18H,15H2,1-3H3. The third kappa shape index (κ3) is 2.48. The smallest absolute Gasteiger partial charge is 0.0544 e. The van der Waals surface area contributed by atoms with Crippen molar-refractivity contribution < 1.29 is 0 Å². The van der Waals surface area contributed by atoms with Crippen molar-refractivity contribution in [2.45, 2.75) is 32.6 Å². The minimum absolute atomic E-state index is 0.158. The van der Waals surface area contributed by atoms with Gasteiger partial charge in [0.05, 0.1) is 11.0 Å². The van der Waals surface area contributed by atoms with Crippen molar-refractivity contribution in [2.24, 2.45) is 0 Å². The fourth-order valence-electron chi connectivity index (χ4n) is 4.96. The summed E-state index contributed by atoms with van der Waals surface area (Å²) in [5.74, 6) is 0. The first-order chi connectivity index (χ1) is 14.5. The van der Waals surface area contributed by atoms with Crippen LogP contribution in [0.2, 0.25) is 0 Å². The van der Waals surface area contributed by atoms with E-state index in [0.717, 1.165) is 6.42 Å². The Bertz CT molecular complexity index is 1430. The average Bonchev–Trinajstić information content (AvgIpc) is 3.26. The lowest BCUT2D eigenvalue weighted by Gasteiger charge is -2.20. The minimum atomic E-state index is 0.158. The highest BCUT2D eigenvalue weighted by molar-refractivity contribution is 6.11. The van der Waals surface area contributed by atoms with Crippen LogP contribution in [0.25, 0.3) is 38.6 Å². The zero-order valence-corrected chi connectivity index (χ0v) is 17.7. The van der Waals surface area contributed by atoms with E-state index in [1.807, 2.05) is 0 Å². The van der Waals surface area contributed by atoms with E-state index in [-0.39, 0.29) is 5.41 Å². The Morgan fingerprint density at radius 2 is 1.37 bits per heavy atom. The minimum Gasteiger partial charge on any atom is -0.309 e. The van der Waals surface area contributed by atoms with Gasteiger partial charge in [0.1, 0.15) is 0 Å². The Hall–Kier alpha value is -3.32. The zero-order chi connectivity index (χ0) is 20.5. The van der Waals surface area contributed by atoms with E-state index in [4.69, 9.17) is 0 Å². The second-order valence-electron chi connectivity index (χ2n) is 9.51. The summed E-state index contributed by atoms with van der Waals surface area (Å²) < 4.78 is 2.41. The van der Waals surface area contributed by atoms with Gasteiger partial charge in [-0.1, -0.05) is 75.4 Å². The van der Waals surface area contributed by atoms with Gasteiger partial charge in [-0.05, 0) is 70.0 Å². The van der Waals surface area contributed by atoms with Crippen molar-refractivity contribution >= 4 is 21.8 Å². The Balaban J connectivity index is 1.66. The maximum absolute atomic E-state index is 2.44. The number of aromatic nitrogens is 1. The Morgan fingerprint density at radius 3 is 2.17 bits per heavy atom. The first-order valence-corrected chi connectivity index (χ1v) is 10.8. The largest absolute Gasteiger partial charge is 0.309 e. The lowest BCUT2D eigenvalue weighted by Crippen LogP contribution is -2.10. The van der Waals surface area contributed by atoms with Gasteiger partial charge in [-0.15, -0.1) is 0 Å². The Morgan fingerprint density at radius 1 is 0.633 bits per heavy atom. The molecule has 1 aliphatic carbocycles. The molecule has 0 fully saturated rings. The van der Waals surface area contributed by atoms with Crippen LogP contribution in [0.4, 0.5) is 0 Å². The highest BCUT2D eigenvalue weighted by Crippen LogP contribution is 2.43. The van der Waals surface area contributed by atoms with Crippen LogP contribution in [0.15, 0.2) is 84.9 Å². The summed E-state index contributed by atoms with van der Waals surface area (Å²) in [5.41, 5.74) is 11.0. The van der Waals surface area contributed by atoms with Crippen molar-refractivity contribution in [3.63, 3.8) is 0 Å². The van der Waals surface area contributed by atoms with Crippen LogP contribution in [0, 0.1) is 0 Å². The van der Waals surface area contributed by atoms with E-state index in [1.54, 1.807) is 0 Å². The molecule has 0 radical (unpaired) electrons. The van der Waals surface area contributed by atoms with Gasteiger partial charge in [0.25, 0.3) is 0 Å². The second-order valence-corrected chi connectivity index (χ2v) is 9.51. The lowest BCUT2D eigenvalue weighted by atomic mass is 9.85. The molecule has 0 N–H and O–H groups in total. The maximum atomic E-state index is 2.44. The number of para-hydroxylation sites is 2. The molecule has 1 nitrogen and oxygen atoms in total. The highest BCUT2D eigenvalue weighted by Gasteiger charge is 2.24. The predicted molar refractivity (Wildman–Crippen MR) is 128 cm³/mol. The number of fused-ring (bicyclic) bond motifs is 6. The fourth-order valence-corrected chi connectivity index (χ4v) is 4.96. The molecule has 4 aromatic carbocycles. The van der Waals surface area contributed by atoms with Gasteiger partial charge in [-0.3, -0.25) is 0 Å². The number of benzene rings is 4. The molecule has 1 aliphatic rings. The van der Waals surface area contributed by atoms with Crippen molar-refractivity contribution in [3.05, 3.63) is 102 Å². The number of hydrogen-bond acceptors (Lipinski definition) is 0. The monoisotopic (exact) mass is 387 g/mol. The van der Waals surface area contributed by atoms with Crippen LogP contribution in [-0.2, 0) is 11.8 Å². The highest BCUT2D eigenvalue weighted by atomic mass is 15.0. The van der Waals surface area contributed by atoms with Gasteiger partial charge in [0.15, 0.2) is 0 Å². The molecule has 0 saturated carbocycles. The normalized spacial score (nSPS) is 13.0. The number of rotatable bonds is 1. The molecule has 6 rings (SSSR count). The molecule has 0 atom stereocenters. The summed E-state index contributed by atoms with van der Waals surface area (Å²) in [5, 5.41) is 2.65. The molecule has 0 aliphatic heterocycles. The molecule has 1 heteroatoms. The topological polar surface area (TPSA) is 4.93 Å². The molecule has 30 heavy (non-hydrogen) atoms. The summed E-state index contributed by atoms with van der Waals surface area (Å²) >= 11 is 0. The summed E-state index contributed by atoms with van der Waals surface area (Å²) in [4.78, 5) is 0. The Labute approximate surface area is 177 Å². The molecular formula is C29H25N. The molecule has 5 aromatic rings. The van der Waals surface area contributed by atoms with Crippen LogP contribution in [0.1, 0.15) is 37.5 Å². The molecule has 0 saturated heterocycles. The van der Waals surface area contributed by atoms with Crippen LogP contribution in [0.5, 0.6) is 0 Å². The van der Waals surface area contributed by atoms with Gasteiger partial charge < -0.3 is 4.57 Å². The van der Waals surface area contributed by atoms with Gasteiger partial charge >= 0.3 is 0 Å². The van der Waals surface area contributed by atoms with Gasteiger partial charge in [-0.25, -0.2) is 0 Å². The third-order valence-electron chi connectivity index (χ3n) is 6.56. The average molecular weight is 388 g/mol. The first-order valence-electron chi connectivity index (χ1n) is 10.8. The van der Waals surface area contributed by atoms with E-state index < -0.39 is 0 Å². The molecular weight excluding hydrogens is 362 g/mol. The number of nitrogens with zero attached hydrogens (tertiary/aromatic N) is 1. The van der Waals surface area contributed by atoms with E-state index in [0.29, 0.717) is 0 Å². The van der Waals surface area contributed by atoms with Crippen molar-refractivity contribution in [3.8, 4) is 16.8 Å². The summed E-state index contributed by atoms with van der Waals surface area (Å²) in [6.45, 7) is 6.88. The maximum Gasteiger partial charge on any atom is 0.0544 e. The van der Waals surface area contributed by atoms with Gasteiger partial charge in [0, 0.05) is 16.5 Å². The second kappa shape index (κ2) is 6.09. The molecule has 0 amide bonds. The van der Waals surface area contributed by atoms with Crippen molar-refractivity contribution in [2.75, 3.05) is 0 Å². The van der Waals surface area contributed by atoms with E-state index in [2.05, 4.69) is 110 Å². The molecule has 1 heterocycles. The molecule has 0 unspecified atom stereocenters. The van der Waals surface area contributed by atoms with Crippen molar-refractivity contribution in [1.29, 1.82) is 0 Å². The third-order valence-corrected chi connectivity index (χ3v) is 6.56. The van der Waals surface area contributed by atoms with Crippen LogP contribution >= 0.6 is 0 Å². The zero-order valence-electron chi connectivity index (χ0n) is 17.7. The summed E-state index contributed by atoms with van der Waals surface area (Å²) in [6.07, 6.45) is 1.02. The van der Waals surface area contributed by atoms with Crippen molar-refractivity contribution in [1.82, 2.24) is 4.57 Å². The SMILES string of the molecule is CC(C)(C)c1ccc2c(c1)-c1cc3c4ccccc4n(-c4ccccc4)c3cc1C2. The van der Waals surface area contributed by atoms with E-state index in [1.165, 1.54) is 55.3 Å². The molecule has 0 spiro atoms.